The Labute approximate surface area is 82.8 Å². The van der Waals surface area contributed by atoms with E-state index in [4.69, 9.17) is 16.2 Å². The molecular weight excluding hydrogens is 180 g/mol. The molecule has 1 aromatic rings. The maximum Gasteiger partial charge on any atom is 0.340 e. The lowest BCUT2D eigenvalue weighted by atomic mass is 10.1. The molecule has 0 amide bonds. The zero-order chi connectivity index (χ0) is 10.7. The molecule has 76 valence electrons. The highest BCUT2D eigenvalue weighted by molar-refractivity contribution is 5.95. The van der Waals surface area contributed by atoms with Crippen molar-refractivity contribution in [3.63, 3.8) is 0 Å². The molecule has 0 aliphatic rings. The molecule has 0 unspecified atom stereocenters. The molecule has 0 fully saturated rings. The Balaban J connectivity index is 2.90. The zero-order valence-electron chi connectivity index (χ0n) is 8.28. The van der Waals surface area contributed by atoms with Gasteiger partial charge in [0.15, 0.2) is 0 Å². The molecule has 0 aromatic heterocycles. The van der Waals surface area contributed by atoms with Crippen molar-refractivity contribution in [2.24, 2.45) is 0 Å². The van der Waals surface area contributed by atoms with Gasteiger partial charge in [-0.3, -0.25) is 0 Å². The van der Waals surface area contributed by atoms with Crippen molar-refractivity contribution in [1.82, 2.24) is 0 Å². The van der Waals surface area contributed by atoms with E-state index < -0.39 is 5.97 Å². The number of nitrogen functional groups attached to an aromatic ring is 2. The fraction of sp³-hybridized carbons (Fsp3) is 0.300. The summed E-state index contributed by atoms with van der Waals surface area (Å²) in [5.41, 5.74) is 12.3. The molecule has 0 aliphatic carbocycles. The molecule has 0 saturated heterocycles. The van der Waals surface area contributed by atoms with Crippen molar-refractivity contribution >= 4 is 17.3 Å². The summed E-state index contributed by atoms with van der Waals surface area (Å²) in [6.07, 6.45) is -0.153. The van der Waals surface area contributed by atoms with Crippen LogP contribution in [-0.4, -0.2) is 12.1 Å². The Morgan fingerprint density at radius 3 is 2.50 bits per heavy atom. The number of carbonyl (C=O) groups excluding carboxylic acids is 1. The van der Waals surface area contributed by atoms with Crippen LogP contribution in [0.1, 0.15) is 24.2 Å². The Kier molecular flexibility index (Phi) is 2.96. The highest BCUT2D eigenvalue weighted by Crippen LogP contribution is 2.17. The minimum Gasteiger partial charge on any atom is -0.459 e. The van der Waals surface area contributed by atoms with Crippen LogP contribution in [0.5, 0.6) is 0 Å². The van der Waals surface area contributed by atoms with Crippen molar-refractivity contribution in [1.29, 1.82) is 0 Å². The largest absolute Gasteiger partial charge is 0.459 e. The predicted octanol–water partition coefficient (Wildman–Crippen LogP) is 1.42. The highest BCUT2D eigenvalue weighted by Gasteiger charge is 2.12. The molecule has 1 rings (SSSR count). The number of anilines is 2. The number of esters is 1. The average molecular weight is 194 g/mol. The minimum atomic E-state index is -0.419. The molecule has 14 heavy (non-hydrogen) atoms. The number of rotatable bonds is 2. The standard InChI is InChI=1S/C10H14N2O2/c1-6(2)14-10(13)8-4-3-7(11)5-9(8)12/h3-6H,11-12H2,1-2H3. The maximum atomic E-state index is 11.4. The summed E-state index contributed by atoms with van der Waals surface area (Å²) in [6.45, 7) is 3.57. The van der Waals surface area contributed by atoms with Crippen LogP contribution in [0.2, 0.25) is 0 Å². The summed E-state index contributed by atoms with van der Waals surface area (Å²) in [4.78, 5) is 11.4. The van der Waals surface area contributed by atoms with Crippen molar-refractivity contribution in [2.75, 3.05) is 11.5 Å². The van der Waals surface area contributed by atoms with Gasteiger partial charge in [-0.1, -0.05) is 0 Å². The highest BCUT2D eigenvalue weighted by atomic mass is 16.5. The molecule has 1 aromatic carbocycles. The van der Waals surface area contributed by atoms with Gasteiger partial charge in [-0.2, -0.15) is 0 Å². The third-order valence-electron chi connectivity index (χ3n) is 1.64. The van der Waals surface area contributed by atoms with Gasteiger partial charge in [0, 0.05) is 11.4 Å². The first-order valence-electron chi connectivity index (χ1n) is 4.36. The molecule has 0 atom stereocenters. The van der Waals surface area contributed by atoms with E-state index in [1.165, 1.54) is 6.07 Å². The first-order valence-corrected chi connectivity index (χ1v) is 4.36. The van der Waals surface area contributed by atoms with Gasteiger partial charge in [0.1, 0.15) is 0 Å². The van der Waals surface area contributed by atoms with E-state index in [-0.39, 0.29) is 6.10 Å². The summed E-state index contributed by atoms with van der Waals surface area (Å²) < 4.78 is 5.00. The van der Waals surface area contributed by atoms with Crippen LogP contribution in [0.15, 0.2) is 18.2 Å². The molecule has 0 heterocycles. The molecule has 0 spiro atoms. The topological polar surface area (TPSA) is 78.3 Å². The van der Waals surface area contributed by atoms with E-state index in [0.717, 1.165) is 0 Å². The summed E-state index contributed by atoms with van der Waals surface area (Å²) in [5, 5.41) is 0. The SMILES string of the molecule is CC(C)OC(=O)c1ccc(N)cc1N. The van der Waals surface area contributed by atoms with Crippen molar-refractivity contribution in [3.8, 4) is 0 Å². The number of hydrogen-bond acceptors (Lipinski definition) is 4. The summed E-state index contributed by atoms with van der Waals surface area (Å²) in [7, 11) is 0. The average Bonchev–Trinajstić information content (AvgIpc) is 2.01. The first-order chi connectivity index (χ1) is 6.50. The molecule has 0 aliphatic heterocycles. The van der Waals surface area contributed by atoms with Gasteiger partial charge in [0.25, 0.3) is 0 Å². The smallest absolute Gasteiger partial charge is 0.340 e. The second-order valence-corrected chi connectivity index (χ2v) is 3.30. The number of carbonyl (C=O) groups is 1. The van der Waals surface area contributed by atoms with Crippen LogP contribution in [0.3, 0.4) is 0 Å². The third-order valence-corrected chi connectivity index (χ3v) is 1.64. The second kappa shape index (κ2) is 4.00. The van der Waals surface area contributed by atoms with Crippen LogP contribution < -0.4 is 11.5 Å². The number of ether oxygens (including phenoxy) is 1. The molecule has 0 saturated carbocycles. The monoisotopic (exact) mass is 194 g/mol. The molecule has 4 nitrogen and oxygen atoms in total. The maximum absolute atomic E-state index is 11.4. The number of hydrogen-bond donors (Lipinski definition) is 2. The van der Waals surface area contributed by atoms with Gasteiger partial charge in [-0.15, -0.1) is 0 Å². The molecule has 0 radical (unpaired) electrons. The van der Waals surface area contributed by atoms with E-state index in [2.05, 4.69) is 0 Å². The predicted molar refractivity (Wildman–Crippen MR) is 55.8 cm³/mol. The van der Waals surface area contributed by atoms with Crippen LogP contribution in [0.25, 0.3) is 0 Å². The van der Waals surface area contributed by atoms with Gasteiger partial charge in [0.05, 0.1) is 11.7 Å². The Bertz CT molecular complexity index is 348. The van der Waals surface area contributed by atoms with Crippen LogP contribution in [0.4, 0.5) is 11.4 Å². The normalized spacial score (nSPS) is 10.2. The Hall–Kier alpha value is -1.71. The fourth-order valence-corrected chi connectivity index (χ4v) is 1.04. The summed E-state index contributed by atoms with van der Waals surface area (Å²) >= 11 is 0. The lowest BCUT2D eigenvalue weighted by molar-refractivity contribution is 0.0379. The molecule has 4 heteroatoms. The van der Waals surface area contributed by atoms with Gasteiger partial charge in [0.2, 0.25) is 0 Å². The quantitative estimate of drug-likeness (QED) is 0.551. The van der Waals surface area contributed by atoms with Crippen molar-refractivity contribution in [2.45, 2.75) is 20.0 Å². The van der Waals surface area contributed by atoms with Crippen LogP contribution in [0, 0.1) is 0 Å². The first kappa shape index (κ1) is 10.4. The number of nitrogens with two attached hydrogens (primary N) is 2. The molecule has 0 bridgehead atoms. The number of benzene rings is 1. The van der Waals surface area contributed by atoms with Crippen LogP contribution >= 0.6 is 0 Å². The summed E-state index contributed by atoms with van der Waals surface area (Å²) in [6, 6.07) is 4.72. The van der Waals surface area contributed by atoms with E-state index in [9.17, 15) is 4.79 Å². The van der Waals surface area contributed by atoms with E-state index >= 15 is 0 Å². The minimum absolute atomic E-state index is 0.153. The van der Waals surface area contributed by atoms with Crippen molar-refractivity contribution in [3.05, 3.63) is 23.8 Å². The van der Waals surface area contributed by atoms with Crippen molar-refractivity contribution < 1.29 is 9.53 Å². The van der Waals surface area contributed by atoms with Gasteiger partial charge < -0.3 is 16.2 Å². The molecule has 4 N–H and O–H groups in total. The lowest BCUT2D eigenvalue weighted by Gasteiger charge is -2.09. The van der Waals surface area contributed by atoms with Gasteiger partial charge in [-0.25, -0.2) is 4.79 Å². The van der Waals surface area contributed by atoms with E-state index in [0.29, 0.717) is 16.9 Å². The molecular formula is C10H14N2O2. The third kappa shape index (κ3) is 2.39. The van der Waals surface area contributed by atoms with Gasteiger partial charge in [-0.05, 0) is 32.0 Å². The Morgan fingerprint density at radius 1 is 1.36 bits per heavy atom. The van der Waals surface area contributed by atoms with E-state index in [1.54, 1.807) is 26.0 Å². The van der Waals surface area contributed by atoms with Gasteiger partial charge >= 0.3 is 5.97 Å². The zero-order valence-corrected chi connectivity index (χ0v) is 8.28. The summed E-state index contributed by atoms with van der Waals surface area (Å²) in [5.74, 6) is -0.419. The lowest BCUT2D eigenvalue weighted by Crippen LogP contribution is -2.13. The van der Waals surface area contributed by atoms with Crippen LogP contribution in [-0.2, 0) is 4.74 Å². The fourth-order valence-electron chi connectivity index (χ4n) is 1.04. The Morgan fingerprint density at radius 2 is 2.00 bits per heavy atom. The second-order valence-electron chi connectivity index (χ2n) is 3.30. The van der Waals surface area contributed by atoms with E-state index in [1.807, 2.05) is 0 Å².